The molecule has 15 heavy (non-hydrogen) atoms. The van der Waals surface area contributed by atoms with E-state index in [1.807, 2.05) is 6.92 Å². The van der Waals surface area contributed by atoms with Gasteiger partial charge in [-0.3, -0.25) is 4.68 Å². The van der Waals surface area contributed by atoms with Crippen molar-refractivity contribution in [1.29, 1.82) is 0 Å². The van der Waals surface area contributed by atoms with Crippen LogP contribution in [0, 0.1) is 0 Å². The molecule has 2 aromatic rings. The number of halogens is 1. The Morgan fingerprint density at radius 3 is 2.93 bits per heavy atom. The van der Waals surface area contributed by atoms with E-state index >= 15 is 0 Å². The van der Waals surface area contributed by atoms with E-state index in [0.29, 0.717) is 18.0 Å². The minimum Gasteiger partial charge on any atom is -0.447 e. The van der Waals surface area contributed by atoms with Crippen molar-refractivity contribution in [3.63, 3.8) is 0 Å². The maximum absolute atomic E-state index is 9.99. The highest BCUT2D eigenvalue weighted by Gasteiger charge is 2.17. The van der Waals surface area contributed by atoms with Gasteiger partial charge in [-0.1, -0.05) is 0 Å². The number of aryl methyl sites for hydroxylation is 1. The molecule has 2 rings (SSSR count). The summed E-state index contributed by atoms with van der Waals surface area (Å²) in [4.78, 5) is 0. The van der Waals surface area contributed by atoms with Crippen LogP contribution in [0.15, 0.2) is 28.8 Å². The molecule has 0 fully saturated rings. The predicted octanol–water partition coefficient (Wildman–Crippen LogP) is 2.23. The number of hydrogen-bond donors (Lipinski definition) is 1. The molecule has 0 saturated carbocycles. The molecule has 0 aromatic carbocycles. The van der Waals surface area contributed by atoms with E-state index in [4.69, 9.17) is 16.0 Å². The molecular formula is C10H11ClN2O2. The van der Waals surface area contributed by atoms with Crippen molar-refractivity contribution in [2.24, 2.45) is 0 Å². The summed E-state index contributed by atoms with van der Waals surface area (Å²) >= 11 is 5.64. The minimum absolute atomic E-state index is 0.270. The largest absolute Gasteiger partial charge is 0.447 e. The number of nitrogens with zero attached hydrogens (tertiary/aromatic N) is 2. The van der Waals surface area contributed by atoms with Crippen molar-refractivity contribution in [2.75, 3.05) is 0 Å². The summed E-state index contributed by atoms with van der Waals surface area (Å²) in [7, 11) is 0. The zero-order valence-corrected chi connectivity index (χ0v) is 8.98. The van der Waals surface area contributed by atoms with Crippen LogP contribution in [0.5, 0.6) is 0 Å². The first-order valence-electron chi connectivity index (χ1n) is 4.67. The zero-order valence-electron chi connectivity index (χ0n) is 8.22. The molecule has 0 spiro atoms. The first-order chi connectivity index (χ1) is 7.22. The molecule has 0 aliphatic heterocycles. The lowest BCUT2D eigenvalue weighted by Crippen LogP contribution is -2.08. The first kappa shape index (κ1) is 10.3. The van der Waals surface area contributed by atoms with E-state index in [-0.39, 0.29) is 5.22 Å². The molecule has 0 saturated heterocycles. The summed E-state index contributed by atoms with van der Waals surface area (Å²) in [6.45, 7) is 2.66. The summed E-state index contributed by atoms with van der Waals surface area (Å²) in [5.74, 6) is 0.426. The van der Waals surface area contributed by atoms with Gasteiger partial charge in [0.2, 0.25) is 0 Å². The molecule has 0 radical (unpaired) electrons. The van der Waals surface area contributed by atoms with Crippen LogP contribution in [0.4, 0.5) is 0 Å². The van der Waals surface area contributed by atoms with Crippen molar-refractivity contribution in [3.05, 3.63) is 41.1 Å². The number of aliphatic hydroxyl groups is 1. The van der Waals surface area contributed by atoms with E-state index in [1.54, 1.807) is 29.1 Å². The molecule has 1 atom stereocenters. The third kappa shape index (κ3) is 1.91. The Balaban J connectivity index is 2.31. The van der Waals surface area contributed by atoms with Crippen LogP contribution in [0.2, 0.25) is 5.22 Å². The summed E-state index contributed by atoms with van der Waals surface area (Å²) in [6, 6.07) is 5.01. The minimum atomic E-state index is -0.819. The van der Waals surface area contributed by atoms with Crippen molar-refractivity contribution in [1.82, 2.24) is 9.78 Å². The first-order valence-corrected chi connectivity index (χ1v) is 5.05. The monoisotopic (exact) mass is 226 g/mol. The van der Waals surface area contributed by atoms with E-state index < -0.39 is 6.10 Å². The van der Waals surface area contributed by atoms with Crippen LogP contribution >= 0.6 is 11.6 Å². The lowest BCUT2D eigenvalue weighted by Gasteiger charge is -2.09. The molecule has 0 bridgehead atoms. The molecule has 2 heterocycles. The van der Waals surface area contributed by atoms with Gasteiger partial charge in [-0.2, -0.15) is 5.10 Å². The summed E-state index contributed by atoms with van der Waals surface area (Å²) in [5, 5.41) is 14.3. The Hall–Kier alpha value is -1.26. The number of aliphatic hydroxyl groups excluding tert-OH is 1. The van der Waals surface area contributed by atoms with Gasteiger partial charge in [-0.15, -0.1) is 0 Å². The maximum atomic E-state index is 9.99. The van der Waals surface area contributed by atoms with E-state index in [2.05, 4.69) is 5.10 Å². The summed E-state index contributed by atoms with van der Waals surface area (Å²) in [6.07, 6.45) is 0.826. The highest BCUT2D eigenvalue weighted by atomic mass is 35.5. The predicted molar refractivity (Wildman–Crippen MR) is 55.7 cm³/mol. The molecular weight excluding hydrogens is 216 g/mol. The molecule has 5 heteroatoms. The normalized spacial score (nSPS) is 13.0. The van der Waals surface area contributed by atoms with Crippen molar-refractivity contribution >= 4 is 11.6 Å². The van der Waals surface area contributed by atoms with Crippen LogP contribution < -0.4 is 0 Å². The molecule has 0 amide bonds. The van der Waals surface area contributed by atoms with Gasteiger partial charge in [0.05, 0.1) is 5.69 Å². The third-order valence-corrected chi connectivity index (χ3v) is 2.40. The Labute approximate surface area is 92.1 Å². The van der Waals surface area contributed by atoms with Crippen LogP contribution in [-0.2, 0) is 6.54 Å². The van der Waals surface area contributed by atoms with E-state index in [1.165, 1.54) is 0 Å². The lowest BCUT2D eigenvalue weighted by atomic mass is 10.2. The number of aromatic nitrogens is 2. The average molecular weight is 227 g/mol. The van der Waals surface area contributed by atoms with Gasteiger partial charge in [0.25, 0.3) is 0 Å². The van der Waals surface area contributed by atoms with Crippen LogP contribution in [0.3, 0.4) is 0 Å². The van der Waals surface area contributed by atoms with Crippen LogP contribution in [0.1, 0.15) is 24.5 Å². The quantitative estimate of drug-likeness (QED) is 0.873. The van der Waals surface area contributed by atoms with Gasteiger partial charge in [0, 0.05) is 12.7 Å². The Morgan fingerprint density at radius 1 is 1.53 bits per heavy atom. The zero-order chi connectivity index (χ0) is 10.8. The Morgan fingerprint density at radius 2 is 2.33 bits per heavy atom. The topological polar surface area (TPSA) is 51.2 Å². The molecule has 4 nitrogen and oxygen atoms in total. The third-order valence-electron chi connectivity index (χ3n) is 2.19. The molecule has 1 N–H and O–H groups in total. The average Bonchev–Trinajstić information content (AvgIpc) is 2.84. The lowest BCUT2D eigenvalue weighted by molar-refractivity contribution is 0.179. The molecule has 1 unspecified atom stereocenters. The van der Waals surface area contributed by atoms with Gasteiger partial charge < -0.3 is 9.52 Å². The van der Waals surface area contributed by atoms with Gasteiger partial charge in [-0.05, 0) is 36.7 Å². The molecule has 0 aliphatic carbocycles. The van der Waals surface area contributed by atoms with Gasteiger partial charge in [0.15, 0.2) is 11.3 Å². The van der Waals surface area contributed by atoms with Crippen molar-refractivity contribution in [2.45, 2.75) is 19.6 Å². The van der Waals surface area contributed by atoms with Gasteiger partial charge >= 0.3 is 0 Å². The second-order valence-electron chi connectivity index (χ2n) is 3.12. The fourth-order valence-electron chi connectivity index (χ4n) is 1.46. The molecule has 80 valence electrons. The highest BCUT2D eigenvalue weighted by Crippen LogP contribution is 2.25. The summed E-state index contributed by atoms with van der Waals surface area (Å²) in [5.41, 5.74) is 0.698. The SMILES string of the molecule is CCn1nccc1C(O)c1ccc(Cl)o1. The smallest absolute Gasteiger partial charge is 0.193 e. The van der Waals surface area contributed by atoms with E-state index in [9.17, 15) is 5.11 Å². The van der Waals surface area contributed by atoms with Gasteiger partial charge in [0.1, 0.15) is 5.76 Å². The Bertz CT molecular complexity index is 450. The fourth-order valence-corrected chi connectivity index (χ4v) is 1.61. The number of hydrogen-bond acceptors (Lipinski definition) is 3. The van der Waals surface area contributed by atoms with Crippen molar-refractivity contribution in [3.8, 4) is 0 Å². The fraction of sp³-hybridized carbons (Fsp3) is 0.300. The molecule has 2 aromatic heterocycles. The van der Waals surface area contributed by atoms with Crippen molar-refractivity contribution < 1.29 is 9.52 Å². The highest BCUT2D eigenvalue weighted by molar-refractivity contribution is 6.28. The second kappa shape index (κ2) is 4.08. The second-order valence-corrected chi connectivity index (χ2v) is 3.49. The molecule has 0 aliphatic rings. The number of rotatable bonds is 3. The number of furan rings is 1. The van der Waals surface area contributed by atoms with Gasteiger partial charge in [-0.25, -0.2) is 0 Å². The summed E-state index contributed by atoms with van der Waals surface area (Å²) < 4.78 is 6.85. The van der Waals surface area contributed by atoms with Crippen LogP contribution in [-0.4, -0.2) is 14.9 Å². The van der Waals surface area contributed by atoms with E-state index in [0.717, 1.165) is 0 Å². The Kier molecular flexibility index (Phi) is 2.79. The standard InChI is InChI=1S/C10H11ClN2O2/c1-2-13-7(5-6-12-13)10(14)8-3-4-9(11)15-8/h3-6,10,14H,2H2,1H3. The van der Waals surface area contributed by atoms with Crippen LogP contribution in [0.25, 0.3) is 0 Å². The maximum Gasteiger partial charge on any atom is 0.193 e.